The molecule has 4 amide bonds. The van der Waals surface area contributed by atoms with Crippen molar-refractivity contribution < 1.29 is 18.8 Å². The number of hydrogen-bond acceptors (Lipinski definition) is 3. The third kappa shape index (κ3) is 4.15. The van der Waals surface area contributed by atoms with E-state index in [-0.39, 0.29) is 19.0 Å². The van der Waals surface area contributed by atoms with E-state index in [1.807, 2.05) is 13.8 Å². The molecule has 0 atom stereocenters. The first-order chi connectivity index (χ1) is 11.9. The lowest BCUT2D eigenvalue weighted by molar-refractivity contribution is -0.135. The van der Waals surface area contributed by atoms with E-state index < -0.39 is 23.3 Å². The molecule has 2 N–H and O–H groups in total. The van der Waals surface area contributed by atoms with Crippen molar-refractivity contribution in [2.24, 2.45) is 0 Å². The Morgan fingerprint density at radius 1 is 1.20 bits per heavy atom. The minimum Gasteiger partial charge on any atom is -0.350 e. The molecule has 25 heavy (non-hydrogen) atoms. The van der Waals surface area contributed by atoms with Gasteiger partial charge in [-0.25, -0.2) is 9.18 Å². The van der Waals surface area contributed by atoms with E-state index >= 15 is 0 Å². The van der Waals surface area contributed by atoms with Crippen LogP contribution in [0.25, 0.3) is 0 Å². The molecule has 1 heterocycles. The van der Waals surface area contributed by atoms with E-state index in [2.05, 4.69) is 10.6 Å². The number of rotatable bonds is 8. The van der Waals surface area contributed by atoms with Gasteiger partial charge < -0.3 is 10.6 Å². The quantitative estimate of drug-likeness (QED) is 0.707. The molecule has 1 aliphatic rings. The minimum atomic E-state index is -0.910. The molecule has 1 aliphatic heterocycles. The van der Waals surface area contributed by atoms with Gasteiger partial charge in [-0.2, -0.15) is 0 Å². The molecule has 0 aliphatic carbocycles. The van der Waals surface area contributed by atoms with Crippen molar-refractivity contribution in [1.82, 2.24) is 15.5 Å². The van der Waals surface area contributed by atoms with Crippen LogP contribution in [0.1, 0.15) is 45.1 Å². The SMILES string of the molecule is CCCC1(CCC)NC(=O)N(CC(=O)NCc2ccccc2F)C1=O. The zero-order valence-corrected chi connectivity index (χ0v) is 14.6. The molecule has 136 valence electrons. The summed E-state index contributed by atoms with van der Waals surface area (Å²) in [4.78, 5) is 37.9. The van der Waals surface area contributed by atoms with Crippen LogP contribution in [0, 0.1) is 5.82 Å². The normalized spacial score (nSPS) is 16.0. The van der Waals surface area contributed by atoms with E-state index in [0.29, 0.717) is 18.4 Å². The number of amides is 4. The van der Waals surface area contributed by atoms with Gasteiger partial charge in [0, 0.05) is 12.1 Å². The number of carbonyl (C=O) groups excluding carboxylic acids is 3. The summed E-state index contributed by atoms with van der Waals surface area (Å²) in [7, 11) is 0. The summed E-state index contributed by atoms with van der Waals surface area (Å²) in [6, 6.07) is 5.56. The molecular formula is C18H24FN3O3. The van der Waals surface area contributed by atoms with Crippen molar-refractivity contribution >= 4 is 17.8 Å². The van der Waals surface area contributed by atoms with Crippen molar-refractivity contribution in [2.45, 2.75) is 51.6 Å². The van der Waals surface area contributed by atoms with Gasteiger partial charge in [0.05, 0.1) is 0 Å². The molecule has 0 spiro atoms. The fraction of sp³-hybridized carbons (Fsp3) is 0.500. The Hall–Kier alpha value is -2.44. The molecule has 1 saturated heterocycles. The fourth-order valence-corrected chi connectivity index (χ4v) is 3.17. The predicted molar refractivity (Wildman–Crippen MR) is 91.0 cm³/mol. The van der Waals surface area contributed by atoms with Crippen molar-refractivity contribution in [3.63, 3.8) is 0 Å². The summed E-state index contributed by atoms with van der Waals surface area (Å²) >= 11 is 0. The average Bonchev–Trinajstić information content (AvgIpc) is 2.79. The highest BCUT2D eigenvalue weighted by Gasteiger charge is 2.50. The number of nitrogens with one attached hydrogen (secondary N) is 2. The Morgan fingerprint density at radius 3 is 2.44 bits per heavy atom. The molecule has 1 aromatic rings. The summed E-state index contributed by atoms with van der Waals surface area (Å²) in [6.45, 7) is 3.53. The second kappa shape index (κ2) is 8.09. The van der Waals surface area contributed by atoms with Crippen molar-refractivity contribution in [2.75, 3.05) is 6.54 Å². The lowest BCUT2D eigenvalue weighted by atomic mass is 9.88. The summed E-state index contributed by atoms with van der Waals surface area (Å²) in [6.07, 6.45) is 2.58. The molecule has 0 aromatic heterocycles. The maximum atomic E-state index is 13.6. The van der Waals surface area contributed by atoms with Gasteiger partial charge in [0.15, 0.2) is 0 Å². The maximum absolute atomic E-state index is 13.6. The first kappa shape index (κ1) is 18.9. The Balaban J connectivity index is 1.99. The molecule has 1 aromatic carbocycles. The van der Waals surface area contributed by atoms with Gasteiger partial charge in [-0.05, 0) is 18.9 Å². The van der Waals surface area contributed by atoms with Gasteiger partial charge >= 0.3 is 6.03 Å². The fourth-order valence-electron chi connectivity index (χ4n) is 3.17. The van der Waals surface area contributed by atoms with Gasteiger partial charge in [-0.3, -0.25) is 14.5 Å². The van der Waals surface area contributed by atoms with E-state index in [9.17, 15) is 18.8 Å². The van der Waals surface area contributed by atoms with Crippen LogP contribution in [0.4, 0.5) is 9.18 Å². The Labute approximate surface area is 146 Å². The standard InChI is InChI=1S/C18H24FN3O3/c1-3-9-18(10-4-2)16(24)22(17(25)21-18)12-15(23)20-11-13-7-5-6-8-14(13)19/h5-8H,3-4,9-12H2,1-2H3,(H,20,23)(H,21,25). The monoisotopic (exact) mass is 349 g/mol. The average molecular weight is 349 g/mol. The highest BCUT2D eigenvalue weighted by molar-refractivity contribution is 6.09. The Kier molecular flexibility index (Phi) is 6.12. The lowest BCUT2D eigenvalue weighted by Crippen LogP contribution is -2.47. The summed E-state index contributed by atoms with van der Waals surface area (Å²) < 4.78 is 13.6. The van der Waals surface area contributed by atoms with Crippen LogP contribution in [0.3, 0.4) is 0 Å². The van der Waals surface area contributed by atoms with Crippen LogP contribution in [-0.4, -0.2) is 34.8 Å². The van der Waals surface area contributed by atoms with Crippen LogP contribution in [0.2, 0.25) is 0 Å². The number of imide groups is 1. The van der Waals surface area contributed by atoms with E-state index in [1.165, 1.54) is 6.07 Å². The smallest absolute Gasteiger partial charge is 0.325 e. The Morgan fingerprint density at radius 2 is 1.84 bits per heavy atom. The molecule has 0 bridgehead atoms. The van der Waals surface area contributed by atoms with Gasteiger partial charge in [0.1, 0.15) is 17.9 Å². The van der Waals surface area contributed by atoms with E-state index in [4.69, 9.17) is 0 Å². The highest BCUT2D eigenvalue weighted by Crippen LogP contribution is 2.27. The summed E-state index contributed by atoms with van der Waals surface area (Å²) in [5.74, 6) is -1.28. The molecule has 0 unspecified atom stereocenters. The Bertz CT molecular complexity index is 657. The maximum Gasteiger partial charge on any atom is 0.325 e. The third-order valence-corrected chi connectivity index (χ3v) is 4.34. The van der Waals surface area contributed by atoms with Crippen LogP contribution in [-0.2, 0) is 16.1 Å². The molecule has 1 fully saturated rings. The molecular weight excluding hydrogens is 325 g/mol. The number of urea groups is 1. The van der Waals surface area contributed by atoms with Crippen LogP contribution >= 0.6 is 0 Å². The van der Waals surface area contributed by atoms with E-state index in [1.54, 1.807) is 18.2 Å². The number of hydrogen-bond donors (Lipinski definition) is 2. The lowest BCUT2D eigenvalue weighted by Gasteiger charge is -2.25. The molecule has 6 nitrogen and oxygen atoms in total. The van der Waals surface area contributed by atoms with Gasteiger partial charge in [0.2, 0.25) is 5.91 Å². The number of carbonyl (C=O) groups is 3. The first-order valence-corrected chi connectivity index (χ1v) is 8.57. The number of halogens is 1. The number of benzene rings is 1. The molecule has 0 saturated carbocycles. The van der Waals surface area contributed by atoms with Crippen LogP contribution in [0.15, 0.2) is 24.3 Å². The molecule has 7 heteroatoms. The zero-order valence-electron chi connectivity index (χ0n) is 14.6. The van der Waals surface area contributed by atoms with Crippen molar-refractivity contribution in [1.29, 1.82) is 0 Å². The van der Waals surface area contributed by atoms with Gasteiger partial charge in [0.25, 0.3) is 5.91 Å². The van der Waals surface area contributed by atoms with Crippen LogP contribution < -0.4 is 10.6 Å². The van der Waals surface area contributed by atoms with Crippen molar-refractivity contribution in [3.8, 4) is 0 Å². The third-order valence-electron chi connectivity index (χ3n) is 4.34. The van der Waals surface area contributed by atoms with E-state index in [0.717, 1.165) is 17.7 Å². The second-order valence-corrected chi connectivity index (χ2v) is 6.27. The van der Waals surface area contributed by atoms with Crippen LogP contribution in [0.5, 0.6) is 0 Å². The van der Waals surface area contributed by atoms with Gasteiger partial charge in [-0.1, -0.05) is 44.9 Å². The minimum absolute atomic E-state index is 0.00419. The summed E-state index contributed by atoms with van der Waals surface area (Å²) in [5, 5.41) is 5.30. The van der Waals surface area contributed by atoms with Crippen molar-refractivity contribution in [3.05, 3.63) is 35.6 Å². The second-order valence-electron chi connectivity index (χ2n) is 6.27. The van der Waals surface area contributed by atoms with Gasteiger partial charge in [-0.15, -0.1) is 0 Å². The summed E-state index contributed by atoms with van der Waals surface area (Å²) in [5.41, 5.74) is -0.564. The highest BCUT2D eigenvalue weighted by atomic mass is 19.1. The molecule has 0 radical (unpaired) electrons. The topological polar surface area (TPSA) is 78.5 Å². The largest absolute Gasteiger partial charge is 0.350 e. The number of nitrogens with zero attached hydrogens (tertiary/aromatic N) is 1. The predicted octanol–water partition coefficient (Wildman–Crippen LogP) is 2.33. The molecule has 2 rings (SSSR count). The first-order valence-electron chi connectivity index (χ1n) is 8.57. The zero-order chi connectivity index (χ0) is 18.4.